The molecule has 5 heterocycles. The van der Waals surface area contributed by atoms with Gasteiger partial charge in [0.25, 0.3) is 0 Å². The van der Waals surface area contributed by atoms with Crippen LogP contribution in [0.5, 0.6) is 5.75 Å². The molecule has 9 nitrogen and oxygen atoms in total. The third-order valence-corrected chi connectivity index (χ3v) is 10.3. The number of fused-ring (bicyclic) bond motifs is 3. The summed E-state index contributed by atoms with van der Waals surface area (Å²) in [4.78, 5) is 26.2. The van der Waals surface area contributed by atoms with Gasteiger partial charge in [-0.3, -0.25) is 9.48 Å². The maximum Gasteiger partial charge on any atom is 0.246 e. The molecule has 7 rings (SSSR count). The molecule has 1 aliphatic heterocycles. The number of ether oxygens (including phenoxy) is 1. The number of halogens is 3. The van der Waals surface area contributed by atoms with E-state index in [1.165, 1.54) is 11.5 Å². The second kappa shape index (κ2) is 12.7. The number of nitrogens with zero attached hydrogens (tertiary/aromatic N) is 7. The first-order valence-corrected chi connectivity index (χ1v) is 17.1. The Morgan fingerprint density at radius 2 is 1.86 bits per heavy atom. The highest BCUT2D eigenvalue weighted by Crippen LogP contribution is 2.48. The number of amides is 1. The van der Waals surface area contributed by atoms with Crippen molar-refractivity contribution in [1.29, 1.82) is 0 Å². The van der Waals surface area contributed by atoms with E-state index < -0.39 is 17.5 Å². The number of thiophene rings is 1. The third kappa shape index (κ3) is 5.54. The van der Waals surface area contributed by atoms with Crippen molar-refractivity contribution in [3.63, 3.8) is 0 Å². The highest BCUT2D eigenvalue weighted by atomic mass is 32.1. The number of carbonyl (C=O) groups excluding carboxylic acids is 1. The molecule has 0 N–H and O–H groups in total. The van der Waals surface area contributed by atoms with Gasteiger partial charge in [0, 0.05) is 54.2 Å². The van der Waals surface area contributed by atoms with Crippen LogP contribution in [0.3, 0.4) is 0 Å². The Kier molecular flexibility index (Phi) is 8.51. The number of benzene rings is 2. The SMILES string of the molecule is C=CC(=O)N1C[C@H](C)n2nc(-c3nc(-c4ccc5c(c4)nc(C)n5C)c4scc(F)c4c3-c3c(F)cc(F)cc3OCCN(C)C)cc2[C@H]1C. The minimum Gasteiger partial charge on any atom is -0.491 e. The Bertz CT molecular complexity index is 2330. The van der Waals surface area contributed by atoms with Crippen LogP contribution in [0.1, 0.15) is 37.4 Å². The van der Waals surface area contributed by atoms with Crippen molar-refractivity contribution < 1.29 is 22.7 Å². The van der Waals surface area contributed by atoms with Crippen LogP contribution in [0.2, 0.25) is 0 Å². The molecule has 13 heteroatoms. The predicted octanol–water partition coefficient (Wildman–Crippen LogP) is 7.70. The number of hydrogen-bond acceptors (Lipinski definition) is 7. The monoisotopic (exact) mass is 699 g/mol. The van der Waals surface area contributed by atoms with E-state index in [0.717, 1.165) is 46.0 Å². The number of likely N-dealkylation sites (N-methyl/N-ethyl adjacent to an activating group) is 1. The minimum absolute atomic E-state index is 0.0779. The van der Waals surface area contributed by atoms with Gasteiger partial charge in [0.1, 0.15) is 47.0 Å². The Balaban J connectivity index is 1.54. The molecule has 1 amide bonds. The van der Waals surface area contributed by atoms with E-state index in [-0.39, 0.29) is 52.6 Å². The maximum absolute atomic E-state index is 16.3. The summed E-state index contributed by atoms with van der Waals surface area (Å²) < 4.78 is 57.6. The number of imidazole rings is 1. The van der Waals surface area contributed by atoms with Crippen LogP contribution >= 0.6 is 11.3 Å². The van der Waals surface area contributed by atoms with Gasteiger partial charge in [0.05, 0.1) is 44.8 Å². The Hall–Kier alpha value is -5.01. The first-order chi connectivity index (χ1) is 23.9. The number of aromatic nitrogens is 5. The fraction of sp³-hybridized carbons (Fsp3) is 0.297. The topological polar surface area (TPSA) is 81.3 Å². The van der Waals surface area contributed by atoms with Crippen molar-refractivity contribution in [1.82, 2.24) is 34.1 Å². The number of aryl methyl sites for hydroxylation is 2. The quantitative estimate of drug-likeness (QED) is 0.152. The summed E-state index contributed by atoms with van der Waals surface area (Å²) in [6, 6.07) is 8.84. The van der Waals surface area contributed by atoms with Crippen LogP contribution in [0.4, 0.5) is 13.2 Å². The van der Waals surface area contributed by atoms with Crippen molar-refractivity contribution in [2.75, 3.05) is 33.8 Å². The molecule has 4 aromatic heterocycles. The van der Waals surface area contributed by atoms with Crippen LogP contribution in [0.15, 0.2) is 54.4 Å². The van der Waals surface area contributed by atoms with E-state index >= 15 is 8.78 Å². The summed E-state index contributed by atoms with van der Waals surface area (Å²) >= 11 is 1.15. The van der Waals surface area contributed by atoms with Gasteiger partial charge in [0.15, 0.2) is 0 Å². The summed E-state index contributed by atoms with van der Waals surface area (Å²) in [6.45, 7) is 10.4. The highest BCUT2D eigenvalue weighted by Gasteiger charge is 2.34. The van der Waals surface area contributed by atoms with Crippen molar-refractivity contribution in [3.8, 4) is 39.5 Å². The summed E-state index contributed by atoms with van der Waals surface area (Å²) in [7, 11) is 5.65. The molecule has 2 atom stereocenters. The first kappa shape index (κ1) is 33.5. The molecule has 0 unspecified atom stereocenters. The van der Waals surface area contributed by atoms with Gasteiger partial charge < -0.3 is 19.1 Å². The molecule has 0 spiro atoms. The lowest BCUT2D eigenvalue weighted by molar-refractivity contribution is -0.129. The van der Waals surface area contributed by atoms with Crippen LogP contribution in [0, 0.1) is 24.4 Å². The fourth-order valence-corrected chi connectivity index (χ4v) is 7.62. The molecule has 6 aromatic rings. The van der Waals surface area contributed by atoms with E-state index in [4.69, 9.17) is 19.8 Å². The lowest BCUT2D eigenvalue weighted by Crippen LogP contribution is -2.42. The van der Waals surface area contributed by atoms with Gasteiger partial charge in [-0.25, -0.2) is 23.1 Å². The lowest BCUT2D eigenvalue weighted by Gasteiger charge is -2.36. The highest BCUT2D eigenvalue weighted by molar-refractivity contribution is 7.17. The third-order valence-electron chi connectivity index (χ3n) is 9.35. The Morgan fingerprint density at radius 3 is 2.60 bits per heavy atom. The van der Waals surface area contributed by atoms with Crippen molar-refractivity contribution >= 4 is 38.4 Å². The van der Waals surface area contributed by atoms with Gasteiger partial charge in [-0.15, -0.1) is 11.3 Å². The average molecular weight is 700 g/mol. The minimum atomic E-state index is -0.925. The van der Waals surface area contributed by atoms with E-state index in [0.29, 0.717) is 34.7 Å². The second-order valence-corrected chi connectivity index (χ2v) is 13.8. The van der Waals surface area contributed by atoms with Gasteiger partial charge in [-0.2, -0.15) is 5.10 Å². The smallest absolute Gasteiger partial charge is 0.246 e. The summed E-state index contributed by atoms with van der Waals surface area (Å²) in [5, 5.41) is 6.43. The number of carbonyl (C=O) groups is 1. The summed E-state index contributed by atoms with van der Waals surface area (Å²) in [6.07, 6.45) is 1.28. The van der Waals surface area contributed by atoms with Crippen LogP contribution < -0.4 is 4.74 Å². The molecule has 0 saturated heterocycles. The van der Waals surface area contributed by atoms with Gasteiger partial charge in [-0.1, -0.05) is 12.6 Å². The molecule has 0 aliphatic carbocycles. The zero-order valence-electron chi connectivity index (χ0n) is 28.6. The molecule has 1 aliphatic rings. The van der Waals surface area contributed by atoms with Crippen LogP contribution in [-0.2, 0) is 11.8 Å². The van der Waals surface area contributed by atoms with Crippen LogP contribution in [0.25, 0.3) is 54.9 Å². The van der Waals surface area contributed by atoms with Crippen molar-refractivity contribution in [2.45, 2.75) is 32.9 Å². The van der Waals surface area contributed by atoms with E-state index in [1.807, 2.05) is 74.3 Å². The molecule has 50 heavy (non-hydrogen) atoms. The van der Waals surface area contributed by atoms with Crippen molar-refractivity contribution in [3.05, 3.63) is 83.4 Å². The fourth-order valence-electron chi connectivity index (χ4n) is 6.69. The lowest BCUT2D eigenvalue weighted by atomic mass is 9.94. The average Bonchev–Trinajstić information content (AvgIpc) is 3.77. The van der Waals surface area contributed by atoms with Crippen molar-refractivity contribution in [2.24, 2.45) is 7.05 Å². The molecule has 0 bridgehead atoms. The summed E-state index contributed by atoms with van der Waals surface area (Å²) in [5.41, 5.74) is 4.05. The Labute approximate surface area is 291 Å². The molecular weight excluding hydrogens is 664 g/mol. The van der Waals surface area contributed by atoms with E-state index in [9.17, 15) is 9.18 Å². The molecule has 2 aromatic carbocycles. The van der Waals surface area contributed by atoms with Gasteiger partial charge >= 0.3 is 0 Å². The standard InChI is InChI=1S/C37H36F3N7O2S/c1-8-31(48)46-17-19(2)47-29(20(46)3)16-27(43-47)36-34(32-24(39)14-23(38)15-30(32)49-12-11-44(5)6)33-25(40)18-50-37(33)35(42-36)22-9-10-28-26(13-22)41-21(4)45(28)7/h8-10,13-16,18-20H,1,11-12,17H2,2-7H3/t19-,20+/m0/s1. The first-order valence-electron chi connectivity index (χ1n) is 16.2. The molecule has 258 valence electrons. The summed E-state index contributed by atoms with van der Waals surface area (Å²) in [5.74, 6) is -1.80. The predicted molar refractivity (Wildman–Crippen MR) is 190 cm³/mol. The molecule has 0 radical (unpaired) electrons. The van der Waals surface area contributed by atoms with Crippen LogP contribution in [-0.4, -0.2) is 73.8 Å². The maximum atomic E-state index is 16.3. The van der Waals surface area contributed by atoms with E-state index in [2.05, 4.69) is 6.58 Å². The largest absolute Gasteiger partial charge is 0.491 e. The second-order valence-electron chi connectivity index (χ2n) is 12.9. The molecule has 0 saturated carbocycles. The molecular formula is C37H36F3N7O2S. The zero-order chi connectivity index (χ0) is 35.6. The normalized spacial score (nSPS) is 16.1. The Morgan fingerprint density at radius 1 is 1.08 bits per heavy atom. The van der Waals surface area contributed by atoms with Gasteiger partial charge in [0.2, 0.25) is 5.91 Å². The molecule has 0 fully saturated rings. The van der Waals surface area contributed by atoms with E-state index in [1.54, 1.807) is 11.0 Å². The number of rotatable bonds is 8. The zero-order valence-corrected chi connectivity index (χ0v) is 29.4. The number of hydrogen-bond donors (Lipinski definition) is 0. The number of pyridine rings is 1. The van der Waals surface area contributed by atoms with Gasteiger partial charge in [-0.05, 0) is 59.1 Å².